The molecule has 1 heterocycles. The van der Waals surface area contributed by atoms with E-state index < -0.39 is 0 Å². The lowest BCUT2D eigenvalue weighted by atomic mass is 10.1. The Kier molecular flexibility index (Phi) is 4.24. The van der Waals surface area contributed by atoms with Gasteiger partial charge in [-0.2, -0.15) is 5.10 Å². The smallest absolute Gasteiger partial charge is 0.274 e. The van der Waals surface area contributed by atoms with Crippen molar-refractivity contribution in [1.29, 1.82) is 0 Å². The van der Waals surface area contributed by atoms with Gasteiger partial charge in [-0.25, -0.2) is 4.68 Å². The predicted molar refractivity (Wildman–Crippen MR) is 91.6 cm³/mol. The molecule has 4 nitrogen and oxygen atoms in total. The van der Waals surface area contributed by atoms with Crippen molar-refractivity contribution >= 4 is 5.91 Å². The molecular weight excluding hydrogens is 286 g/mol. The van der Waals surface area contributed by atoms with Crippen LogP contribution in [0.5, 0.6) is 0 Å². The van der Waals surface area contributed by atoms with Gasteiger partial charge in [-0.05, 0) is 25.1 Å². The van der Waals surface area contributed by atoms with Gasteiger partial charge in [0.2, 0.25) is 0 Å². The first-order chi connectivity index (χ1) is 11.2. The standard InChI is InChI=1S/C19H19N3O/c1-3-21(2)19(23)17-14-18(15-10-6-4-7-11-15)22(20-17)16-12-8-5-9-13-16/h4-14H,3H2,1-2H3. The number of hydrogen-bond donors (Lipinski definition) is 0. The van der Waals surface area contributed by atoms with E-state index in [1.807, 2.05) is 78.3 Å². The Morgan fingerprint density at radius 1 is 1.04 bits per heavy atom. The SMILES string of the molecule is CCN(C)C(=O)c1cc(-c2ccccc2)n(-c2ccccc2)n1. The van der Waals surface area contributed by atoms with E-state index in [0.29, 0.717) is 12.2 Å². The van der Waals surface area contributed by atoms with Gasteiger partial charge in [-0.3, -0.25) is 4.79 Å². The van der Waals surface area contributed by atoms with E-state index in [9.17, 15) is 4.79 Å². The topological polar surface area (TPSA) is 38.1 Å². The molecule has 2 aromatic carbocycles. The van der Waals surface area contributed by atoms with Gasteiger partial charge in [0.25, 0.3) is 5.91 Å². The summed E-state index contributed by atoms with van der Waals surface area (Å²) in [6.45, 7) is 2.60. The van der Waals surface area contributed by atoms with Crippen molar-refractivity contribution < 1.29 is 4.79 Å². The Morgan fingerprint density at radius 2 is 1.65 bits per heavy atom. The van der Waals surface area contributed by atoms with Crippen molar-refractivity contribution in [2.24, 2.45) is 0 Å². The van der Waals surface area contributed by atoms with E-state index in [4.69, 9.17) is 0 Å². The Hall–Kier alpha value is -2.88. The quantitative estimate of drug-likeness (QED) is 0.738. The minimum atomic E-state index is -0.0700. The number of amides is 1. The fraction of sp³-hybridized carbons (Fsp3) is 0.158. The highest BCUT2D eigenvalue weighted by molar-refractivity contribution is 5.93. The lowest BCUT2D eigenvalue weighted by molar-refractivity contribution is 0.0796. The lowest BCUT2D eigenvalue weighted by Gasteiger charge is -2.11. The maximum absolute atomic E-state index is 12.5. The third kappa shape index (κ3) is 3.01. The maximum atomic E-state index is 12.5. The Labute approximate surface area is 136 Å². The van der Waals surface area contributed by atoms with Crippen LogP contribution < -0.4 is 0 Å². The summed E-state index contributed by atoms with van der Waals surface area (Å²) in [5.74, 6) is -0.0700. The molecule has 0 atom stereocenters. The molecule has 0 unspecified atom stereocenters. The molecular formula is C19H19N3O. The molecule has 1 amide bonds. The molecule has 0 aliphatic carbocycles. The highest BCUT2D eigenvalue weighted by atomic mass is 16.2. The van der Waals surface area contributed by atoms with Crippen LogP contribution in [0.1, 0.15) is 17.4 Å². The van der Waals surface area contributed by atoms with Gasteiger partial charge < -0.3 is 4.90 Å². The van der Waals surface area contributed by atoms with Crippen molar-refractivity contribution in [3.8, 4) is 16.9 Å². The van der Waals surface area contributed by atoms with E-state index in [1.165, 1.54) is 0 Å². The monoisotopic (exact) mass is 305 g/mol. The predicted octanol–water partition coefficient (Wildman–Crippen LogP) is 3.63. The number of benzene rings is 2. The van der Waals surface area contributed by atoms with Crippen LogP contribution in [0.4, 0.5) is 0 Å². The van der Waals surface area contributed by atoms with Gasteiger partial charge in [-0.15, -0.1) is 0 Å². The molecule has 3 aromatic rings. The second-order valence-electron chi connectivity index (χ2n) is 5.35. The Morgan fingerprint density at radius 3 is 2.26 bits per heavy atom. The van der Waals surface area contributed by atoms with Crippen molar-refractivity contribution in [1.82, 2.24) is 14.7 Å². The zero-order chi connectivity index (χ0) is 16.2. The van der Waals surface area contributed by atoms with Crippen LogP contribution in [0.2, 0.25) is 0 Å². The van der Waals surface area contributed by atoms with Crippen molar-refractivity contribution in [3.63, 3.8) is 0 Å². The zero-order valence-electron chi connectivity index (χ0n) is 13.3. The summed E-state index contributed by atoms with van der Waals surface area (Å²) in [4.78, 5) is 14.1. The summed E-state index contributed by atoms with van der Waals surface area (Å²) < 4.78 is 1.83. The lowest BCUT2D eigenvalue weighted by Crippen LogP contribution is -2.26. The average molecular weight is 305 g/mol. The van der Waals surface area contributed by atoms with Crippen molar-refractivity contribution in [3.05, 3.63) is 72.4 Å². The molecule has 4 heteroatoms. The van der Waals surface area contributed by atoms with Gasteiger partial charge in [0.15, 0.2) is 5.69 Å². The summed E-state index contributed by atoms with van der Waals surface area (Å²) in [6.07, 6.45) is 0. The van der Waals surface area contributed by atoms with Crippen LogP contribution in [0.15, 0.2) is 66.7 Å². The maximum Gasteiger partial charge on any atom is 0.274 e. The van der Waals surface area contributed by atoms with Crippen LogP contribution in [0.3, 0.4) is 0 Å². The molecule has 0 spiro atoms. The molecule has 0 saturated heterocycles. The molecule has 3 rings (SSSR count). The number of hydrogen-bond acceptors (Lipinski definition) is 2. The number of rotatable bonds is 4. The third-order valence-corrected chi connectivity index (χ3v) is 3.82. The van der Waals surface area contributed by atoms with Crippen LogP contribution >= 0.6 is 0 Å². The zero-order valence-corrected chi connectivity index (χ0v) is 13.3. The first-order valence-electron chi connectivity index (χ1n) is 7.67. The Bertz CT molecular complexity index is 737. The summed E-state index contributed by atoms with van der Waals surface area (Å²) in [7, 11) is 1.78. The second kappa shape index (κ2) is 6.48. The van der Waals surface area contributed by atoms with Crippen molar-refractivity contribution in [2.45, 2.75) is 6.92 Å². The van der Waals surface area contributed by atoms with E-state index in [0.717, 1.165) is 16.9 Å². The largest absolute Gasteiger partial charge is 0.341 e. The Balaban J connectivity index is 2.13. The van der Waals surface area contributed by atoms with Gasteiger partial charge >= 0.3 is 0 Å². The number of carbonyl (C=O) groups excluding carboxylic acids is 1. The van der Waals surface area contributed by atoms with Crippen LogP contribution in [-0.2, 0) is 0 Å². The first-order valence-corrected chi connectivity index (χ1v) is 7.67. The molecule has 116 valence electrons. The fourth-order valence-electron chi connectivity index (χ4n) is 2.41. The first kappa shape index (κ1) is 15.0. The van der Waals surface area contributed by atoms with E-state index in [-0.39, 0.29) is 5.91 Å². The summed E-state index contributed by atoms with van der Waals surface area (Å²) in [6, 6.07) is 21.7. The molecule has 0 aliphatic heterocycles. The summed E-state index contributed by atoms with van der Waals surface area (Å²) in [5, 5.41) is 4.55. The number of nitrogens with zero attached hydrogens (tertiary/aromatic N) is 3. The van der Waals surface area contributed by atoms with Crippen LogP contribution in [0, 0.1) is 0 Å². The minimum absolute atomic E-state index is 0.0700. The molecule has 0 fully saturated rings. The molecule has 0 saturated carbocycles. The van der Waals surface area contributed by atoms with Crippen molar-refractivity contribution in [2.75, 3.05) is 13.6 Å². The van der Waals surface area contributed by atoms with Gasteiger partial charge in [0.05, 0.1) is 11.4 Å². The van der Waals surface area contributed by atoms with Crippen LogP contribution in [0.25, 0.3) is 16.9 Å². The van der Waals surface area contributed by atoms with Crippen LogP contribution in [-0.4, -0.2) is 34.2 Å². The normalized spacial score (nSPS) is 10.5. The highest BCUT2D eigenvalue weighted by Gasteiger charge is 2.18. The summed E-state index contributed by atoms with van der Waals surface area (Å²) >= 11 is 0. The molecule has 0 bridgehead atoms. The number of carbonyl (C=O) groups is 1. The molecule has 0 N–H and O–H groups in total. The molecule has 23 heavy (non-hydrogen) atoms. The van der Waals surface area contributed by atoms with E-state index in [2.05, 4.69) is 5.10 Å². The van der Waals surface area contributed by atoms with Gasteiger partial charge in [0.1, 0.15) is 0 Å². The molecule has 1 aromatic heterocycles. The highest BCUT2D eigenvalue weighted by Crippen LogP contribution is 2.24. The molecule has 0 radical (unpaired) electrons. The number of aromatic nitrogens is 2. The van der Waals surface area contributed by atoms with Gasteiger partial charge in [-0.1, -0.05) is 48.5 Å². The molecule has 0 aliphatic rings. The van der Waals surface area contributed by atoms with E-state index in [1.54, 1.807) is 11.9 Å². The average Bonchev–Trinajstić information content (AvgIpc) is 3.07. The fourth-order valence-corrected chi connectivity index (χ4v) is 2.41. The summed E-state index contributed by atoms with van der Waals surface area (Å²) in [5.41, 5.74) is 3.33. The van der Waals surface area contributed by atoms with Gasteiger partial charge in [0, 0.05) is 19.2 Å². The van der Waals surface area contributed by atoms with E-state index >= 15 is 0 Å². The minimum Gasteiger partial charge on any atom is -0.341 e. The second-order valence-corrected chi connectivity index (χ2v) is 5.35. The number of para-hydroxylation sites is 1. The third-order valence-electron chi connectivity index (χ3n) is 3.82.